The van der Waals surface area contributed by atoms with Crippen molar-refractivity contribution in [3.05, 3.63) is 38.9 Å². The summed E-state index contributed by atoms with van der Waals surface area (Å²) in [6.45, 7) is 2.26. The number of amides is 1. The van der Waals surface area contributed by atoms with Gasteiger partial charge in [-0.05, 0) is 12.5 Å². The van der Waals surface area contributed by atoms with Gasteiger partial charge in [-0.2, -0.15) is 0 Å². The molecule has 0 unspecified atom stereocenters. The Morgan fingerprint density at radius 1 is 1.35 bits per heavy atom. The zero-order chi connectivity index (χ0) is 17.2. The van der Waals surface area contributed by atoms with Crippen LogP contribution in [-0.2, 0) is 9.53 Å². The summed E-state index contributed by atoms with van der Waals surface area (Å²) in [5.41, 5.74) is -0.0564. The first-order chi connectivity index (χ1) is 11.0. The van der Waals surface area contributed by atoms with Crippen LogP contribution >= 0.6 is 11.6 Å². The maximum atomic E-state index is 11.9. The highest BCUT2D eigenvalue weighted by atomic mass is 35.5. The number of nitro groups is 1. The van der Waals surface area contributed by atoms with Gasteiger partial charge < -0.3 is 10.1 Å². The third kappa shape index (κ3) is 6.65. The molecule has 126 valence electrons. The summed E-state index contributed by atoms with van der Waals surface area (Å²) in [5, 5.41) is 13.1. The van der Waals surface area contributed by atoms with E-state index in [-0.39, 0.29) is 35.4 Å². The summed E-state index contributed by atoms with van der Waals surface area (Å²) >= 11 is 5.85. The van der Waals surface area contributed by atoms with Gasteiger partial charge in [-0.3, -0.25) is 19.7 Å². The minimum Gasteiger partial charge on any atom is -0.464 e. The maximum Gasteiger partial charge on any atom is 0.305 e. The highest BCUT2D eigenvalue weighted by molar-refractivity contribution is 6.34. The molecule has 1 rings (SSSR count). The van der Waals surface area contributed by atoms with Gasteiger partial charge in [0.15, 0.2) is 0 Å². The predicted octanol–water partition coefficient (Wildman–Crippen LogP) is 3.10. The van der Waals surface area contributed by atoms with E-state index in [0.29, 0.717) is 6.42 Å². The minimum absolute atomic E-state index is 0.00624. The standard InChI is InChI=1S/C15H19ClN2O5/c1-2-3-4-5-14(19)23-9-8-17-15(20)12-7-6-11(18(21)22)10-13(12)16/h6-7,10H,2-5,8-9H2,1H3,(H,17,20). The Hall–Kier alpha value is -2.15. The molecule has 7 nitrogen and oxygen atoms in total. The van der Waals surface area contributed by atoms with E-state index in [0.717, 1.165) is 25.3 Å². The second-order valence-corrected chi connectivity index (χ2v) is 5.26. The number of nitro benzene ring substituents is 1. The van der Waals surface area contributed by atoms with Gasteiger partial charge in [-0.25, -0.2) is 0 Å². The Morgan fingerprint density at radius 3 is 2.70 bits per heavy atom. The summed E-state index contributed by atoms with van der Waals surface area (Å²) in [5.74, 6) is -0.770. The molecule has 1 N–H and O–H groups in total. The average molecular weight is 343 g/mol. The minimum atomic E-state index is -0.592. The number of hydrogen-bond donors (Lipinski definition) is 1. The normalized spacial score (nSPS) is 10.2. The fourth-order valence-electron chi connectivity index (χ4n) is 1.82. The molecule has 0 bridgehead atoms. The number of nitrogens with one attached hydrogen (secondary N) is 1. The van der Waals surface area contributed by atoms with Crippen LogP contribution in [0.15, 0.2) is 18.2 Å². The van der Waals surface area contributed by atoms with Crippen molar-refractivity contribution in [3.63, 3.8) is 0 Å². The lowest BCUT2D eigenvalue weighted by molar-refractivity contribution is -0.384. The van der Waals surface area contributed by atoms with Crippen LogP contribution in [0.2, 0.25) is 5.02 Å². The first-order valence-corrected chi connectivity index (χ1v) is 7.71. The van der Waals surface area contributed by atoms with Crippen molar-refractivity contribution in [3.8, 4) is 0 Å². The lowest BCUT2D eigenvalue weighted by Crippen LogP contribution is -2.28. The summed E-state index contributed by atoms with van der Waals surface area (Å²) in [4.78, 5) is 33.3. The molecule has 0 fully saturated rings. The van der Waals surface area contributed by atoms with Crippen molar-refractivity contribution in [2.45, 2.75) is 32.6 Å². The van der Waals surface area contributed by atoms with Crippen molar-refractivity contribution < 1.29 is 19.2 Å². The first kappa shape index (κ1) is 18.9. The van der Waals surface area contributed by atoms with Crippen LogP contribution in [0, 0.1) is 10.1 Å². The molecule has 0 aromatic heterocycles. The third-order valence-corrected chi connectivity index (χ3v) is 3.36. The van der Waals surface area contributed by atoms with Crippen molar-refractivity contribution in [1.29, 1.82) is 0 Å². The number of benzene rings is 1. The van der Waals surface area contributed by atoms with Crippen LogP contribution in [0.3, 0.4) is 0 Å². The smallest absolute Gasteiger partial charge is 0.305 e. The predicted molar refractivity (Wildman–Crippen MR) is 85.5 cm³/mol. The van der Waals surface area contributed by atoms with E-state index < -0.39 is 10.8 Å². The monoisotopic (exact) mass is 342 g/mol. The molecule has 0 saturated carbocycles. The Kier molecular flexibility index (Phi) is 8.04. The van der Waals surface area contributed by atoms with E-state index >= 15 is 0 Å². The second kappa shape index (κ2) is 9.78. The van der Waals surface area contributed by atoms with Gasteiger partial charge in [0.1, 0.15) is 6.61 Å². The zero-order valence-electron chi connectivity index (χ0n) is 12.8. The first-order valence-electron chi connectivity index (χ1n) is 7.33. The molecular weight excluding hydrogens is 324 g/mol. The van der Waals surface area contributed by atoms with Gasteiger partial charge in [-0.1, -0.05) is 31.4 Å². The van der Waals surface area contributed by atoms with Gasteiger partial charge in [0.25, 0.3) is 11.6 Å². The zero-order valence-corrected chi connectivity index (χ0v) is 13.6. The van der Waals surface area contributed by atoms with Gasteiger partial charge >= 0.3 is 5.97 Å². The van der Waals surface area contributed by atoms with E-state index in [1.165, 1.54) is 12.1 Å². The van der Waals surface area contributed by atoms with Crippen LogP contribution in [0.1, 0.15) is 43.0 Å². The number of ether oxygens (including phenoxy) is 1. The average Bonchev–Trinajstić information content (AvgIpc) is 2.51. The molecule has 1 aromatic rings. The summed E-state index contributed by atoms with van der Waals surface area (Å²) in [6, 6.07) is 3.60. The summed E-state index contributed by atoms with van der Waals surface area (Å²) < 4.78 is 4.98. The van der Waals surface area contributed by atoms with E-state index in [1.54, 1.807) is 0 Å². The topological polar surface area (TPSA) is 98.5 Å². The second-order valence-electron chi connectivity index (χ2n) is 4.85. The number of carbonyl (C=O) groups excluding carboxylic acids is 2. The highest BCUT2D eigenvalue weighted by Crippen LogP contribution is 2.22. The molecule has 0 heterocycles. The van der Waals surface area contributed by atoms with Gasteiger partial charge in [0.05, 0.1) is 22.1 Å². The third-order valence-electron chi connectivity index (χ3n) is 3.04. The molecular formula is C15H19ClN2O5. The number of carbonyl (C=O) groups is 2. The number of nitrogens with zero attached hydrogens (tertiary/aromatic N) is 1. The molecule has 0 saturated heterocycles. The van der Waals surface area contributed by atoms with Crippen molar-refractivity contribution in [2.75, 3.05) is 13.2 Å². The fraction of sp³-hybridized carbons (Fsp3) is 0.467. The van der Waals surface area contributed by atoms with E-state index in [1.807, 2.05) is 6.92 Å². The van der Waals surface area contributed by atoms with E-state index in [4.69, 9.17) is 16.3 Å². The Balaban J connectivity index is 2.37. The number of halogens is 1. The van der Waals surface area contributed by atoms with E-state index in [2.05, 4.69) is 5.32 Å². The number of hydrogen-bond acceptors (Lipinski definition) is 5. The van der Waals surface area contributed by atoms with Crippen LogP contribution < -0.4 is 5.32 Å². The number of esters is 1. The van der Waals surface area contributed by atoms with Crippen molar-refractivity contribution >= 4 is 29.2 Å². The SMILES string of the molecule is CCCCCC(=O)OCCNC(=O)c1ccc([N+](=O)[O-])cc1Cl. The van der Waals surface area contributed by atoms with Crippen LogP contribution in [0.4, 0.5) is 5.69 Å². The molecule has 1 amide bonds. The summed E-state index contributed by atoms with van der Waals surface area (Å²) in [6.07, 6.45) is 3.17. The molecule has 0 aliphatic rings. The fourth-order valence-corrected chi connectivity index (χ4v) is 2.08. The molecule has 0 atom stereocenters. The number of rotatable bonds is 9. The number of unbranched alkanes of at least 4 members (excludes halogenated alkanes) is 2. The van der Waals surface area contributed by atoms with Crippen molar-refractivity contribution in [1.82, 2.24) is 5.32 Å². The Labute approximate surface area is 139 Å². The lowest BCUT2D eigenvalue weighted by atomic mass is 10.2. The van der Waals surface area contributed by atoms with Crippen LogP contribution in [0.5, 0.6) is 0 Å². The maximum absolute atomic E-state index is 11.9. The highest BCUT2D eigenvalue weighted by Gasteiger charge is 2.14. The van der Waals surface area contributed by atoms with Crippen molar-refractivity contribution in [2.24, 2.45) is 0 Å². The Morgan fingerprint density at radius 2 is 2.09 bits per heavy atom. The largest absolute Gasteiger partial charge is 0.464 e. The Bertz CT molecular complexity index is 577. The molecule has 0 spiro atoms. The lowest BCUT2D eigenvalue weighted by Gasteiger charge is -2.08. The molecule has 0 radical (unpaired) electrons. The van der Waals surface area contributed by atoms with Gasteiger partial charge in [-0.15, -0.1) is 0 Å². The van der Waals surface area contributed by atoms with Gasteiger partial charge in [0.2, 0.25) is 0 Å². The molecule has 8 heteroatoms. The quantitative estimate of drug-likeness (QED) is 0.322. The van der Waals surface area contributed by atoms with Crippen LogP contribution in [-0.4, -0.2) is 30.0 Å². The van der Waals surface area contributed by atoms with Crippen LogP contribution in [0.25, 0.3) is 0 Å². The van der Waals surface area contributed by atoms with E-state index in [9.17, 15) is 19.7 Å². The molecule has 23 heavy (non-hydrogen) atoms. The molecule has 1 aromatic carbocycles. The summed E-state index contributed by atoms with van der Waals surface area (Å²) in [7, 11) is 0. The molecule has 0 aliphatic heterocycles. The van der Waals surface area contributed by atoms with Gasteiger partial charge in [0, 0.05) is 18.6 Å². The number of non-ortho nitro benzene ring substituents is 1. The molecule has 0 aliphatic carbocycles.